The molecule has 0 aliphatic rings. The average Bonchev–Trinajstić information content (AvgIpc) is 3.02. The molecule has 0 atom stereocenters. The van der Waals surface area contributed by atoms with Crippen LogP contribution in [-0.2, 0) is 16.1 Å². The average molecular weight is 415 g/mol. The quantitative estimate of drug-likeness (QED) is 0.700. The maximum atomic E-state index is 12.2. The molecular weight excluding hydrogens is 400 g/mol. The third kappa shape index (κ3) is 4.01. The number of rotatable bonds is 6. The summed E-state index contributed by atoms with van der Waals surface area (Å²) in [5.74, 6) is -1.68. The lowest BCUT2D eigenvalue weighted by molar-refractivity contribution is -0.116. The molecule has 0 spiro atoms. The van der Waals surface area contributed by atoms with E-state index in [-0.39, 0.29) is 28.6 Å². The van der Waals surface area contributed by atoms with Gasteiger partial charge in [-0.2, -0.15) is 5.10 Å². The number of nitrogens with two attached hydrogens (primary N) is 1. The number of anilines is 1. The molecule has 0 fully saturated rings. The molecule has 0 radical (unpaired) electrons. The van der Waals surface area contributed by atoms with Gasteiger partial charge in [-0.05, 0) is 35.3 Å². The predicted octanol–water partition coefficient (Wildman–Crippen LogP) is 1.93. The van der Waals surface area contributed by atoms with Crippen LogP contribution in [0.5, 0.6) is 0 Å². The Balaban J connectivity index is 2.27. The van der Waals surface area contributed by atoms with E-state index in [4.69, 9.17) is 10.5 Å². The highest BCUT2D eigenvalue weighted by Gasteiger charge is 2.25. The van der Waals surface area contributed by atoms with E-state index in [0.717, 1.165) is 15.8 Å². The summed E-state index contributed by atoms with van der Waals surface area (Å²) in [6, 6.07) is 0. The summed E-state index contributed by atoms with van der Waals surface area (Å²) >= 11 is 4.19. The van der Waals surface area contributed by atoms with E-state index in [9.17, 15) is 14.4 Å². The van der Waals surface area contributed by atoms with Crippen LogP contribution < -0.4 is 11.1 Å². The van der Waals surface area contributed by atoms with E-state index >= 15 is 0 Å². The number of primary amides is 1. The van der Waals surface area contributed by atoms with E-state index in [1.54, 1.807) is 26.2 Å². The fourth-order valence-electron chi connectivity index (χ4n) is 2.02. The molecule has 0 unspecified atom stereocenters. The zero-order valence-electron chi connectivity index (χ0n) is 13.0. The number of carbonyl (C=O) groups excluding carboxylic acids is 3. The molecule has 10 heteroatoms. The lowest BCUT2D eigenvalue weighted by Crippen LogP contribution is -2.20. The van der Waals surface area contributed by atoms with Crippen LogP contribution in [0.1, 0.15) is 32.5 Å². The molecule has 24 heavy (non-hydrogen) atoms. The topological polar surface area (TPSA) is 116 Å². The molecule has 0 saturated heterocycles. The number of halogens is 1. The van der Waals surface area contributed by atoms with Crippen molar-refractivity contribution in [2.75, 3.05) is 11.9 Å². The normalized spacial score (nSPS) is 10.5. The van der Waals surface area contributed by atoms with Gasteiger partial charge in [-0.25, -0.2) is 4.79 Å². The number of esters is 1. The number of nitrogens with one attached hydrogen (secondary N) is 1. The van der Waals surface area contributed by atoms with Crippen molar-refractivity contribution in [3.05, 3.63) is 32.9 Å². The molecule has 128 valence electrons. The first kappa shape index (κ1) is 18.1. The molecule has 8 nitrogen and oxygen atoms in total. The van der Waals surface area contributed by atoms with Crippen molar-refractivity contribution in [1.29, 1.82) is 0 Å². The Morgan fingerprint density at radius 1 is 1.46 bits per heavy atom. The molecule has 0 aliphatic heterocycles. The summed E-state index contributed by atoms with van der Waals surface area (Å²) in [6.07, 6.45) is 3.19. The smallest absolute Gasteiger partial charge is 0.341 e. The van der Waals surface area contributed by atoms with Gasteiger partial charge in [0.05, 0.1) is 27.7 Å². The maximum absolute atomic E-state index is 12.2. The van der Waals surface area contributed by atoms with Crippen LogP contribution in [0.25, 0.3) is 0 Å². The van der Waals surface area contributed by atoms with Crippen LogP contribution >= 0.6 is 27.3 Å². The Hall–Kier alpha value is -2.20. The summed E-state index contributed by atoms with van der Waals surface area (Å²) in [5.41, 5.74) is 5.85. The molecular formula is C14H15BrN4O4S. The third-order valence-electron chi connectivity index (χ3n) is 3.01. The van der Waals surface area contributed by atoms with Gasteiger partial charge in [0.1, 0.15) is 11.5 Å². The lowest BCUT2D eigenvalue weighted by atomic mass is 10.1. The van der Waals surface area contributed by atoms with Crippen molar-refractivity contribution >= 4 is 50.1 Å². The van der Waals surface area contributed by atoms with Gasteiger partial charge in [0, 0.05) is 6.20 Å². The molecule has 0 aromatic carbocycles. The first-order valence-corrected chi connectivity index (χ1v) is 8.52. The van der Waals surface area contributed by atoms with Gasteiger partial charge >= 0.3 is 5.97 Å². The van der Waals surface area contributed by atoms with Crippen molar-refractivity contribution in [3.8, 4) is 0 Å². The molecule has 2 amide bonds. The van der Waals surface area contributed by atoms with Gasteiger partial charge in [-0.3, -0.25) is 14.3 Å². The molecule has 2 rings (SSSR count). The molecule has 0 aliphatic carbocycles. The highest BCUT2D eigenvalue weighted by molar-refractivity contribution is 9.10. The van der Waals surface area contributed by atoms with Gasteiger partial charge in [0.15, 0.2) is 0 Å². The summed E-state index contributed by atoms with van der Waals surface area (Å²) in [6.45, 7) is 3.39. The van der Waals surface area contributed by atoms with E-state index in [1.165, 1.54) is 4.68 Å². The number of aromatic nitrogens is 2. The van der Waals surface area contributed by atoms with E-state index in [1.807, 2.05) is 0 Å². The van der Waals surface area contributed by atoms with Crippen LogP contribution in [0.3, 0.4) is 0 Å². The zero-order chi connectivity index (χ0) is 17.9. The molecule has 0 saturated carbocycles. The number of hydrogen-bond acceptors (Lipinski definition) is 6. The predicted molar refractivity (Wildman–Crippen MR) is 92.1 cm³/mol. The van der Waals surface area contributed by atoms with Crippen molar-refractivity contribution in [1.82, 2.24) is 9.78 Å². The van der Waals surface area contributed by atoms with E-state index < -0.39 is 17.8 Å². The van der Waals surface area contributed by atoms with Crippen LogP contribution in [0.2, 0.25) is 0 Å². The van der Waals surface area contributed by atoms with E-state index in [0.29, 0.717) is 5.56 Å². The fraction of sp³-hybridized carbons (Fsp3) is 0.286. The number of ether oxygens (including phenoxy) is 1. The largest absolute Gasteiger partial charge is 0.462 e. The number of amides is 2. The summed E-state index contributed by atoms with van der Waals surface area (Å²) in [5, 5.41) is 6.83. The first-order chi connectivity index (χ1) is 11.3. The second kappa shape index (κ2) is 7.58. The number of nitrogens with zero attached hydrogens (tertiary/aromatic N) is 2. The second-order valence-corrected chi connectivity index (χ2v) is 6.69. The van der Waals surface area contributed by atoms with Crippen LogP contribution in [0, 0.1) is 6.92 Å². The van der Waals surface area contributed by atoms with Gasteiger partial charge in [-0.1, -0.05) is 0 Å². The van der Waals surface area contributed by atoms with Gasteiger partial charge in [-0.15, -0.1) is 11.3 Å². The fourth-order valence-corrected chi connectivity index (χ4v) is 3.41. The first-order valence-electron chi connectivity index (χ1n) is 6.91. The summed E-state index contributed by atoms with van der Waals surface area (Å²) < 4.78 is 7.16. The van der Waals surface area contributed by atoms with Gasteiger partial charge in [0.25, 0.3) is 5.91 Å². The Bertz CT molecular complexity index is 799. The standard InChI is InChI=1S/C14H15BrN4O4S/c1-3-23-14(22)10-7(2)11(12(16)21)24-13(10)18-9(20)6-19-5-8(15)4-17-19/h4-5H,3,6H2,1-2H3,(H2,16,21)(H,18,20). The van der Waals surface area contributed by atoms with Crippen LogP contribution in [-0.4, -0.2) is 34.2 Å². The number of carbonyl (C=O) groups is 3. The third-order valence-corrected chi connectivity index (χ3v) is 4.64. The molecule has 2 aromatic rings. The highest BCUT2D eigenvalue weighted by atomic mass is 79.9. The number of thiophene rings is 1. The van der Waals surface area contributed by atoms with Gasteiger partial charge in [0.2, 0.25) is 5.91 Å². The van der Waals surface area contributed by atoms with Crippen molar-refractivity contribution < 1.29 is 19.1 Å². The lowest BCUT2D eigenvalue weighted by Gasteiger charge is -2.07. The Labute approximate surface area is 150 Å². The molecule has 2 heterocycles. The van der Waals surface area contributed by atoms with E-state index in [2.05, 4.69) is 26.3 Å². The van der Waals surface area contributed by atoms with Crippen LogP contribution in [0.4, 0.5) is 5.00 Å². The van der Waals surface area contributed by atoms with Crippen molar-refractivity contribution in [2.24, 2.45) is 5.73 Å². The molecule has 2 aromatic heterocycles. The minimum atomic E-state index is -0.667. The SMILES string of the molecule is CCOC(=O)c1c(NC(=O)Cn2cc(Br)cn2)sc(C(N)=O)c1C. The minimum absolute atomic E-state index is 0.0449. The summed E-state index contributed by atoms with van der Waals surface area (Å²) in [7, 11) is 0. The Morgan fingerprint density at radius 2 is 2.17 bits per heavy atom. The Kier molecular flexibility index (Phi) is 5.73. The number of hydrogen-bond donors (Lipinski definition) is 2. The zero-order valence-corrected chi connectivity index (χ0v) is 15.4. The molecule has 3 N–H and O–H groups in total. The van der Waals surface area contributed by atoms with Crippen LogP contribution in [0.15, 0.2) is 16.9 Å². The summed E-state index contributed by atoms with van der Waals surface area (Å²) in [4.78, 5) is 36.0. The van der Waals surface area contributed by atoms with Crippen molar-refractivity contribution in [2.45, 2.75) is 20.4 Å². The highest BCUT2D eigenvalue weighted by Crippen LogP contribution is 2.33. The maximum Gasteiger partial charge on any atom is 0.341 e. The monoisotopic (exact) mass is 414 g/mol. The minimum Gasteiger partial charge on any atom is -0.462 e. The van der Waals surface area contributed by atoms with Gasteiger partial charge < -0.3 is 15.8 Å². The molecule has 0 bridgehead atoms. The second-order valence-electron chi connectivity index (χ2n) is 4.75. The van der Waals surface area contributed by atoms with Crippen molar-refractivity contribution in [3.63, 3.8) is 0 Å². The Morgan fingerprint density at radius 3 is 2.71 bits per heavy atom.